The van der Waals surface area contributed by atoms with Gasteiger partial charge in [0, 0.05) is 10.4 Å². The molecule has 0 saturated heterocycles. The van der Waals surface area contributed by atoms with Gasteiger partial charge in [-0.25, -0.2) is 4.99 Å². The first-order chi connectivity index (χ1) is 17.2. The standard InChI is InChI=1S/C28H24N2O3S2/c1-3-33-21-13-10-17(15-22(21)32-2)16-24-27(31)30-26(23-9-6-14-34-23)20-12-11-18-7-4-5-8-19(18)25(20)29-28(30)35-24/h4-10,13-16,26H,3,11-12H2,1-2H3/b24-16-/t26-/m1/s1. The van der Waals surface area contributed by atoms with E-state index in [0.717, 1.165) is 28.9 Å². The number of hydrogen-bond donors (Lipinski definition) is 0. The van der Waals surface area contributed by atoms with Crippen LogP contribution in [-0.2, 0) is 6.42 Å². The summed E-state index contributed by atoms with van der Waals surface area (Å²) in [5.74, 6) is 1.34. The van der Waals surface area contributed by atoms with Crippen molar-refractivity contribution in [1.82, 2.24) is 4.57 Å². The summed E-state index contributed by atoms with van der Waals surface area (Å²) >= 11 is 3.13. The van der Waals surface area contributed by atoms with E-state index in [4.69, 9.17) is 14.5 Å². The molecule has 3 heterocycles. The zero-order chi connectivity index (χ0) is 23.9. The Kier molecular flexibility index (Phi) is 5.66. The zero-order valence-corrected chi connectivity index (χ0v) is 21.1. The fraction of sp³-hybridized carbons (Fsp3) is 0.214. The Bertz CT molecular complexity index is 1630. The van der Waals surface area contributed by atoms with Crippen molar-refractivity contribution in [2.45, 2.75) is 25.8 Å². The molecule has 1 aliphatic carbocycles. The van der Waals surface area contributed by atoms with Crippen molar-refractivity contribution in [2.24, 2.45) is 4.99 Å². The first-order valence-corrected chi connectivity index (χ1v) is 13.3. The molecule has 0 bridgehead atoms. The first-order valence-electron chi connectivity index (χ1n) is 11.6. The Labute approximate surface area is 210 Å². The van der Waals surface area contributed by atoms with Crippen LogP contribution in [-0.4, -0.2) is 18.3 Å². The van der Waals surface area contributed by atoms with Crippen LogP contribution in [0.15, 0.2) is 75.3 Å². The van der Waals surface area contributed by atoms with E-state index in [1.165, 1.54) is 32.9 Å². The third kappa shape index (κ3) is 3.75. The number of benzene rings is 2. The summed E-state index contributed by atoms with van der Waals surface area (Å²) in [7, 11) is 1.62. The molecule has 0 unspecified atom stereocenters. The van der Waals surface area contributed by atoms with Crippen LogP contribution in [0.1, 0.15) is 41.0 Å². The second-order valence-corrected chi connectivity index (χ2v) is 10.5. The molecule has 6 rings (SSSR count). The molecule has 176 valence electrons. The highest BCUT2D eigenvalue weighted by Crippen LogP contribution is 2.42. The molecule has 0 fully saturated rings. The van der Waals surface area contributed by atoms with Crippen molar-refractivity contribution in [2.75, 3.05) is 13.7 Å². The number of thiophene rings is 1. The average Bonchev–Trinajstić information content (AvgIpc) is 3.52. The predicted molar refractivity (Wildman–Crippen MR) is 141 cm³/mol. The third-order valence-electron chi connectivity index (χ3n) is 6.47. The minimum Gasteiger partial charge on any atom is -0.493 e. The van der Waals surface area contributed by atoms with Gasteiger partial charge in [-0.15, -0.1) is 11.3 Å². The highest BCUT2D eigenvalue weighted by atomic mass is 32.1. The van der Waals surface area contributed by atoms with E-state index in [9.17, 15) is 4.79 Å². The number of nitrogens with zero attached hydrogens (tertiary/aromatic N) is 2. The van der Waals surface area contributed by atoms with Gasteiger partial charge in [0.05, 0.1) is 30.0 Å². The van der Waals surface area contributed by atoms with Crippen LogP contribution in [0.3, 0.4) is 0 Å². The molecule has 5 nitrogen and oxygen atoms in total. The second kappa shape index (κ2) is 8.98. The fourth-order valence-electron chi connectivity index (χ4n) is 4.92. The molecule has 0 N–H and O–H groups in total. The number of methoxy groups -OCH3 is 1. The van der Waals surface area contributed by atoms with Gasteiger partial charge >= 0.3 is 0 Å². The minimum atomic E-state index is -0.119. The summed E-state index contributed by atoms with van der Waals surface area (Å²) in [5, 5.41) is 2.08. The molecule has 4 aromatic rings. The van der Waals surface area contributed by atoms with Crippen LogP contribution < -0.4 is 24.4 Å². The Balaban J connectivity index is 1.55. The third-order valence-corrected chi connectivity index (χ3v) is 8.38. The van der Waals surface area contributed by atoms with E-state index in [2.05, 4.69) is 41.8 Å². The Morgan fingerprint density at radius 1 is 1.11 bits per heavy atom. The molecule has 7 heteroatoms. The van der Waals surface area contributed by atoms with Crippen molar-refractivity contribution in [1.29, 1.82) is 0 Å². The summed E-state index contributed by atoms with van der Waals surface area (Å²) in [6, 6.07) is 18.3. The number of aryl methyl sites for hydroxylation is 1. The maximum Gasteiger partial charge on any atom is 0.271 e. The van der Waals surface area contributed by atoms with Crippen molar-refractivity contribution in [3.05, 3.63) is 107 Å². The van der Waals surface area contributed by atoms with Crippen LogP contribution in [0.5, 0.6) is 11.5 Å². The Hall–Kier alpha value is -3.42. The molecule has 35 heavy (non-hydrogen) atoms. The molecule has 0 amide bonds. The molecular weight excluding hydrogens is 476 g/mol. The lowest BCUT2D eigenvalue weighted by atomic mass is 9.85. The normalized spacial score (nSPS) is 16.9. The van der Waals surface area contributed by atoms with Crippen LogP contribution in [0.4, 0.5) is 0 Å². The van der Waals surface area contributed by atoms with Gasteiger partial charge in [-0.05, 0) is 66.1 Å². The van der Waals surface area contributed by atoms with E-state index >= 15 is 0 Å². The van der Waals surface area contributed by atoms with Gasteiger partial charge in [0.2, 0.25) is 0 Å². The number of rotatable bonds is 5. The van der Waals surface area contributed by atoms with Gasteiger partial charge in [-0.1, -0.05) is 47.7 Å². The van der Waals surface area contributed by atoms with Gasteiger partial charge < -0.3 is 9.47 Å². The molecule has 2 aromatic heterocycles. The molecule has 0 saturated carbocycles. The van der Waals surface area contributed by atoms with Crippen LogP contribution >= 0.6 is 22.7 Å². The van der Waals surface area contributed by atoms with Crippen LogP contribution in [0.25, 0.3) is 11.8 Å². The minimum absolute atomic E-state index is 0.00888. The monoisotopic (exact) mass is 500 g/mol. The number of fused-ring (bicyclic) bond motifs is 3. The smallest absolute Gasteiger partial charge is 0.271 e. The summed E-state index contributed by atoms with van der Waals surface area (Å²) < 4.78 is 13.7. The van der Waals surface area contributed by atoms with Gasteiger partial charge in [0.1, 0.15) is 0 Å². The summed E-state index contributed by atoms with van der Waals surface area (Å²) in [6.45, 7) is 2.50. The topological polar surface area (TPSA) is 52.8 Å². The molecule has 0 radical (unpaired) electrons. The zero-order valence-electron chi connectivity index (χ0n) is 19.5. The molecule has 2 aliphatic rings. The van der Waals surface area contributed by atoms with Crippen molar-refractivity contribution >= 4 is 34.4 Å². The van der Waals surface area contributed by atoms with E-state index in [-0.39, 0.29) is 11.6 Å². The maximum atomic E-state index is 13.8. The quantitative estimate of drug-likeness (QED) is 0.396. The molecule has 1 aliphatic heterocycles. The van der Waals surface area contributed by atoms with Crippen LogP contribution in [0.2, 0.25) is 0 Å². The lowest BCUT2D eigenvalue weighted by molar-refractivity contribution is 0.311. The molecular formula is C28H24N2O3S2. The number of ether oxygens (including phenoxy) is 2. The molecule has 0 spiro atoms. The fourth-order valence-corrected chi connectivity index (χ4v) is 6.77. The second-order valence-electron chi connectivity index (χ2n) is 8.47. The number of thiazole rings is 1. The maximum absolute atomic E-state index is 13.8. The van der Waals surface area contributed by atoms with Crippen LogP contribution in [0, 0.1) is 0 Å². The van der Waals surface area contributed by atoms with E-state index in [0.29, 0.717) is 22.6 Å². The lowest BCUT2D eigenvalue weighted by Crippen LogP contribution is -2.38. The highest BCUT2D eigenvalue weighted by Gasteiger charge is 2.32. The van der Waals surface area contributed by atoms with E-state index < -0.39 is 0 Å². The van der Waals surface area contributed by atoms with E-state index in [1.807, 2.05) is 35.8 Å². The number of aromatic nitrogens is 1. The highest BCUT2D eigenvalue weighted by molar-refractivity contribution is 7.10. The first kappa shape index (κ1) is 22.1. The summed E-state index contributed by atoms with van der Waals surface area (Å²) in [5.41, 5.74) is 5.64. The van der Waals surface area contributed by atoms with Crippen molar-refractivity contribution in [3.63, 3.8) is 0 Å². The Morgan fingerprint density at radius 3 is 2.80 bits per heavy atom. The largest absolute Gasteiger partial charge is 0.493 e. The van der Waals surface area contributed by atoms with Crippen molar-refractivity contribution in [3.8, 4) is 11.5 Å². The molecule has 2 aromatic carbocycles. The van der Waals surface area contributed by atoms with Gasteiger partial charge in [0.25, 0.3) is 5.56 Å². The molecule has 1 atom stereocenters. The predicted octanol–water partition coefficient (Wildman–Crippen LogP) is 4.79. The van der Waals surface area contributed by atoms with Gasteiger partial charge in [-0.2, -0.15) is 0 Å². The van der Waals surface area contributed by atoms with E-state index in [1.54, 1.807) is 18.4 Å². The Morgan fingerprint density at radius 2 is 2.00 bits per heavy atom. The SMILES string of the molecule is CCOc1ccc(/C=c2\sc3n(c2=O)[C@@H](c2cccs2)C2=C(N=3)c3ccccc3CC2)cc1OC. The van der Waals surface area contributed by atoms with Gasteiger partial charge in [0.15, 0.2) is 16.3 Å². The number of allylic oxidation sites excluding steroid dienone is 1. The van der Waals surface area contributed by atoms with Crippen molar-refractivity contribution < 1.29 is 9.47 Å². The summed E-state index contributed by atoms with van der Waals surface area (Å²) in [4.78, 5) is 20.8. The summed E-state index contributed by atoms with van der Waals surface area (Å²) in [6.07, 6.45) is 3.78. The van der Waals surface area contributed by atoms with Gasteiger partial charge in [-0.3, -0.25) is 9.36 Å². The number of hydrogen-bond acceptors (Lipinski definition) is 6. The lowest BCUT2D eigenvalue weighted by Gasteiger charge is -2.30. The average molecular weight is 501 g/mol.